The maximum absolute atomic E-state index is 13.3. The highest BCUT2D eigenvalue weighted by atomic mass is 16.6. The van der Waals surface area contributed by atoms with Crippen molar-refractivity contribution in [2.75, 3.05) is 19.6 Å². The number of piperidine rings is 1. The van der Waals surface area contributed by atoms with E-state index in [4.69, 9.17) is 9.47 Å². The Hall–Kier alpha value is -2.97. The van der Waals surface area contributed by atoms with Crippen LogP contribution < -0.4 is 5.32 Å². The molecule has 2 fully saturated rings. The van der Waals surface area contributed by atoms with Gasteiger partial charge in [0.25, 0.3) is 0 Å². The topological polar surface area (TPSA) is 108 Å². The fraction of sp³-hybridized carbons (Fsp3) is 0.667. The van der Waals surface area contributed by atoms with Crippen LogP contribution in [0.3, 0.4) is 0 Å². The van der Waals surface area contributed by atoms with Crippen molar-refractivity contribution in [3.8, 4) is 5.75 Å². The van der Waals surface area contributed by atoms with Crippen molar-refractivity contribution >= 4 is 18.1 Å². The summed E-state index contributed by atoms with van der Waals surface area (Å²) >= 11 is 0. The number of rotatable bonds is 5. The number of ether oxygens (including phenoxy) is 2. The number of amides is 3. The first-order valence-corrected chi connectivity index (χ1v) is 12.6. The Bertz CT molecular complexity index is 972. The minimum absolute atomic E-state index is 0.0470. The standard InChI is InChI=1S/C27H41N3O6/c1-25(2,3)35-23(33)28-27(7)12-14-29(15-13-27)22(32)17-30(24(34)36-26(4,5)6)20-16-19(20)18-10-8-9-11-21(18)31/h8-11,19-20,31H,12-17H2,1-7H3,(H,28,33)/t19-,20+/m0/s1. The third-order valence-electron chi connectivity index (χ3n) is 6.45. The molecule has 9 heteroatoms. The second-order valence-electron chi connectivity index (χ2n) is 12.1. The maximum Gasteiger partial charge on any atom is 0.411 e. The number of hydrogen-bond acceptors (Lipinski definition) is 6. The Morgan fingerprint density at radius 3 is 2.19 bits per heavy atom. The number of carbonyl (C=O) groups excluding carboxylic acids is 3. The normalized spacial score (nSPS) is 21.4. The van der Waals surface area contributed by atoms with Crippen molar-refractivity contribution in [3.63, 3.8) is 0 Å². The third kappa shape index (κ3) is 7.51. The van der Waals surface area contributed by atoms with Gasteiger partial charge < -0.3 is 24.8 Å². The van der Waals surface area contributed by atoms with Gasteiger partial charge in [0, 0.05) is 30.6 Å². The van der Waals surface area contributed by atoms with Crippen molar-refractivity contribution in [2.45, 2.75) is 96.4 Å². The van der Waals surface area contributed by atoms with Crippen molar-refractivity contribution < 1.29 is 29.0 Å². The number of nitrogens with one attached hydrogen (secondary N) is 1. The van der Waals surface area contributed by atoms with E-state index in [0.29, 0.717) is 32.4 Å². The molecule has 2 atom stereocenters. The zero-order valence-corrected chi connectivity index (χ0v) is 22.6. The molecule has 1 aliphatic carbocycles. The van der Waals surface area contributed by atoms with Crippen LogP contribution in [0, 0.1) is 0 Å². The van der Waals surface area contributed by atoms with E-state index in [1.165, 1.54) is 4.90 Å². The number of phenolic OH excluding ortho intramolecular Hbond substituents is 1. The first kappa shape index (κ1) is 27.6. The molecule has 36 heavy (non-hydrogen) atoms. The van der Waals surface area contributed by atoms with Crippen molar-refractivity contribution in [1.82, 2.24) is 15.1 Å². The van der Waals surface area contributed by atoms with Gasteiger partial charge in [0.1, 0.15) is 23.5 Å². The lowest BCUT2D eigenvalue weighted by molar-refractivity contribution is -0.134. The van der Waals surface area contributed by atoms with Crippen LogP contribution >= 0.6 is 0 Å². The Morgan fingerprint density at radius 1 is 1.06 bits per heavy atom. The summed E-state index contributed by atoms with van der Waals surface area (Å²) in [6.45, 7) is 13.6. The predicted molar refractivity (Wildman–Crippen MR) is 136 cm³/mol. The van der Waals surface area contributed by atoms with E-state index < -0.39 is 28.9 Å². The Balaban J connectivity index is 1.63. The first-order chi connectivity index (χ1) is 16.6. The molecular weight excluding hydrogens is 462 g/mol. The van der Waals surface area contributed by atoms with E-state index in [1.807, 2.05) is 39.8 Å². The molecule has 1 saturated carbocycles. The van der Waals surface area contributed by atoms with Crippen LogP contribution in [0.25, 0.3) is 0 Å². The van der Waals surface area contributed by atoms with E-state index in [1.54, 1.807) is 37.8 Å². The molecule has 200 valence electrons. The Kier molecular flexibility index (Phi) is 7.81. The molecule has 1 aromatic carbocycles. The van der Waals surface area contributed by atoms with Gasteiger partial charge in [0.2, 0.25) is 5.91 Å². The summed E-state index contributed by atoms with van der Waals surface area (Å²) in [4.78, 5) is 41.8. The van der Waals surface area contributed by atoms with Gasteiger partial charge in [-0.2, -0.15) is 0 Å². The SMILES string of the molecule is CC1(NC(=O)OC(C)(C)C)CCN(C(=O)CN(C(=O)OC(C)(C)C)[C@@H]2C[C@H]2c2ccccc2O)CC1. The van der Waals surface area contributed by atoms with Crippen molar-refractivity contribution in [3.05, 3.63) is 29.8 Å². The molecule has 0 aromatic heterocycles. The minimum Gasteiger partial charge on any atom is -0.508 e. The molecule has 1 heterocycles. The monoisotopic (exact) mass is 503 g/mol. The zero-order chi connectivity index (χ0) is 26.9. The van der Waals surface area contributed by atoms with Crippen LogP contribution in [0.2, 0.25) is 0 Å². The Morgan fingerprint density at radius 2 is 1.64 bits per heavy atom. The third-order valence-corrected chi connectivity index (χ3v) is 6.45. The fourth-order valence-corrected chi connectivity index (χ4v) is 4.47. The van der Waals surface area contributed by atoms with Crippen LogP contribution in [0.15, 0.2) is 24.3 Å². The van der Waals surface area contributed by atoms with E-state index in [-0.39, 0.29) is 30.2 Å². The van der Waals surface area contributed by atoms with Crippen LogP contribution in [0.4, 0.5) is 9.59 Å². The molecule has 3 amide bonds. The lowest BCUT2D eigenvalue weighted by Crippen LogP contribution is -2.56. The van der Waals surface area contributed by atoms with E-state index >= 15 is 0 Å². The largest absolute Gasteiger partial charge is 0.508 e. The molecule has 1 aliphatic heterocycles. The molecule has 9 nitrogen and oxygen atoms in total. The summed E-state index contributed by atoms with van der Waals surface area (Å²) < 4.78 is 11.0. The molecule has 2 N–H and O–H groups in total. The van der Waals surface area contributed by atoms with Gasteiger partial charge in [-0.15, -0.1) is 0 Å². The second kappa shape index (κ2) is 10.2. The molecule has 0 bridgehead atoms. The van der Waals surface area contributed by atoms with E-state index in [2.05, 4.69) is 5.32 Å². The van der Waals surface area contributed by atoms with Gasteiger partial charge in [-0.3, -0.25) is 9.69 Å². The quantitative estimate of drug-likeness (QED) is 0.617. The number of aromatic hydroxyl groups is 1. The van der Waals surface area contributed by atoms with Gasteiger partial charge in [-0.25, -0.2) is 9.59 Å². The lowest BCUT2D eigenvalue weighted by atomic mass is 9.89. The van der Waals surface area contributed by atoms with Crippen LogP contribution in [-0.2, 0) is 14.3 Å². The molecule has 0 spiro atoms. The van der Waals surface area contributed by atoms with Crippen molar-refractivity contribution in [2.24, 2.45) is 0 Å². The van der Waals surface area contributed by atoms with E-state index in [9.17, 15) is 19.5 Å². The molecule has 0 radical (unpaired) electrons. The highest BCUT2D eigenvalue weighted by Gasteiger charge is 2.48. The summed E-state index contributed by atoms with van der Waals surface area (Å²) in [7, 11) is 0. The average molecular weight is 504 g/mol. The first-order valence-electron chi connectivity index (χ1n) is 12.6. The molecular formula is C27H41N3O6. The second-order valence-corrected chi connectivity index (χ2v) is 12.1. The average Bonchev–Trinajstić information content (AvgIpc) is 3.49. The summed E-state index contributed by atoms with van der Waals surface area (Å²) in [6, 6.07) is 6.86. The predicted octanol–water partition coefficient (Wildman–Crippen LogP) is 4.39. The molecule has 3 rings (SSSR count). The van der Waals surface area contributed by atoms with Gasteiger partial charge in [-0.05, 0) is 79.4 Å². The number of para-hydroxylation sites is 1. The van der Waals surface area contributed by atoms with Gasteiger partial charge >= 0.3 is 12.2 Å². The summed E-state index contributed by atoms with van der Waals surface area (Å²) in [5, 5.41) is 13.2. The number of hydrogen-bond donors (Lipinski definition) is 2. The number of benzene rings is 1. The van der Waals surface area contributed by atoms with Gasteiger partial charge in [-0.1, -0.05) is 18.2 Å². The molecule has 1 saturated heterocycles. The number of carbonyl (C=O) groups is 3. The van der Waals surface area contributed by atoms with Crippen LogP contribution in [-0.4, -0.2) is 75.4 Å². The van der Waals surface area contributed by atoms with Gasteiger partial charge in [0.15, 0.2) is 0 Å². The molecule has 0 unspecified atom stereocenters. The van der Waals surface area contributed by atoms with E-state index in [0.717, 1.165) is 5.56 Å². The molecule has 2 aliphatic rings. The number of alkyl carbamates (subject to hydrolysis) is 1. The number of nitrogens with zero attached hydrogens (tertiary/aromatic N) is 2. The van der Waals surface area contributed by atoms with Crippen molar-refractivity contribution in [1.29, 1.82) is 0 Å². The Labute approximate surface area is 214 Å². The summed E-state index contributed by atoms with van der Waals surface area (Å²) in [5.74, 6) is -0.0226. The summed E-state index contributed by atoms with van der Waals surface area (Å²) in [5.41, 5.74) is -0.987. The highest BCUT2D eigenvalue weighted by molar-refractivity contribution is 5.83. The summed E-state index contributed by atoms with van der Waals surface area (Å²) in [6.07, 6.45) is 0.807. The smallest absolute Gasteiger partial charge is 0.411 e. The van der Waals surface area contributed by atoms with Gasteiger partial charge in [0.05, 0.1) is 0 Å². The lowest BCUT2D eigenvalue weighted by Gasteiger charge is -2.40. The number of likely N-dealkylation sites (tertiary alicyclic amines) is 1. The maximum atomic E-state index is 13.3. The molecule has 1 aromatic rings. The van der Waals surface area contributed by atoms with Crippen LogP contribution in [0.1, 0.15) is 79.2 Å². The minimum atomic E-state index is -0.697. The van der Waals surface area contributed by atoms with Crippen LogP contribution in [0.5, 0.6) is 5.75 Å². The zero-order valence-electron chi connectivity index (χ0n) is 22.6. The number of phenols is 1. The highest BCUT2D eigenvalue weighted by Crippen LogP contribution is 2.48. The fourth-order valence-electron chi connectivity index (χ4n) is 4.47.